The number of nitrogens with one attached hydrogen (secondary N) is 1. The molecule has 6 heteroatoms. The highest BCUT2D eigenvalue weighted by atomic mass is 35.5. The fourth-order valence-corrected chi connectivity index (χ4v) is 2.50. The molecule has 0 saturated carbocycles. The Hall–Kier alpha value is -1.59. The highest BCUT2D eigenvalue weighted by molar-refractivity contribution is 7.98. The van der Waals surface area contributed by atoms with Crippen LogP contribution in [0.25, 0.3) is 0 Å². The Balaban J connectivity index is 2.10. The summed E-state index contributed by atoms with van der Waals surface area (Å²) in [5.74, 6) is -0.285. The van der Waals surface area contributed by atoms with E-state index in [2.05, 4.69) is 41.3 Å². The van der Waals surface area contributed by atoms with E-state index in [0.717, 1.165) is 5.56 Å². The summed E-state index contributed by atoms with van der Waals surface area (Å²) in [5.41, 5.74) is 1.19. The lowest BCUT2D eigenvalue weighted by Crippen LogP contribution is -2.37. The molecule has 1 N–H and O–H groups in total. The summed E-state index contributed by atoms with van der Waals surface area (Å²) in [6, 6.07) is 10.1. The van der Waals surface area contributed by atoms with E-state index in [-0.39, 0.29) is 22.0 Å². The van der Waals surface area contributed by atoms with E-state index in [1.54, 1.807) is 0 Å². The number of hydrogen-bond acceptors (Lipinski definition) is 4. The van der Waals surface area contributed by atoms with Gasteiger partial charge in [0.1, 0.15) is 0 Å². The van der Waals surface area contributed by atoms with E-state index in [1.807, 2.05) is 24.5 Å². The second-order valence-electron chi connectivity index (χ2n) is 5.49. The highest BCUT2D eigenvalue weighted by Crippen LogP contribution is 2.22. The molecule has 0 radical (unpaired) electrons. The summed E-state index contributed by atoms with van der Waals surface area (Å²) < 4.78 is 0. The van der Waals surface area contributed by atoms with E-state index in [9.17, 15) is 4.79 Å². The van der Waals surface area contributed by atoms with Crippen LogP contribution in [0.3, 0.4) is 0 Å². The topological polar surface area (TPSA) is 54.9 Å². The van der Waals surface area contributed by atoms with Crippen LogP contribution in [0.1, 0.15) is 29.9 Å². The van der Waals surface area contributed by atoms with Crippen molar-refractivity contribution in [1.29, 1.82) is 0 Å². The first-order chi connectivity index (χ1) is 10.4. The van der Waals surface area contributed by atoms with Gasteiger partial charge in [-0.1, -0.05) is 67.5 Å². The second-order valence-corrected chi connectivity index (χ2v) is 6.67. The minimum absolute atomic E-state index is 0.182. The number of amides is 1. The van der Waals surface area contributed by atoms with E-state index in [0.29, 0.717) is 11.7 Å². The number of rotatable bonds is 5. The van der Waals surface area contributed by atoms with Crippen LogP contribution in [0.2, 0.25) is 5.02 Å². The van der Waals surface area contributed by atoms with Crippen LogP contribution >= 0.6 is 23.4 Å². The van der Waals surface area contributed by atoms with Crippen LogP contribution in [0, 0.1) is 0 Å². The molecular weight excluding hydrogens is 318 g/mol. The minimum atomic E-state index is -0.285. The Labute approximate surface area is 139 Å². The molecule has 4 nitrogen and oxygen atoms in total. The molecule has 0 fully saturated rings. The van der Waals surface area contributed by atoms with Crippen LogP contribution in [-0.4, -0.2) is 28.7 Å². The fraction of sp³-hybridized carbons (Fsp3) is 0.312. The van der Waals surface area contributed by atoms with Crippen LogP contribution in [-0.2, 0) is 5.41 Å². The number of halogens is 1. The van der Waals surface area contributed by atoms with Crippen molar-refractivity contribution in [1.82, 2.24) is 15.3 Å². The van der Waals surface area contributed by atoms with Gasteiger partial charge in [0, 0.05) is 12.0 Å². The fourth-order valence-electron chi connectivity index (χ4n) is 1.98. The lowest BCUT2D eigenvalue weighted by molar-refractivity contribution is 0.0940. The Bertz CT molecular complexity index is 662. The zero-order valence-electron chi connectivity index (χ0n) is 12.8. The molecule has 116 valence electrons. The lowest BCUT2D eigenvalue weighted by Gasteiger charge is -2.25. The number of hydrogen-bond donors (Lipinski definition) is 1. The SMILES string of the molecule is CSc1ncc(Cl)c(C(=O)NCC(C)(C)c2ccccc2)n1. The first-order valence-corrected chi connectivity index (χ1v) is 8.44. The van der Waals surface area contributed by atoms with Crippen LogP contribution < -0.4 is 5.32 Å². The maximum absolute atomic E-state index is 12.3. The molecule has 1 heterocycles. The predicted octanol–water partition coefficient (Wildman–Crippen LogP) is 3.56. The lowest BCUT2D eigenvalue weighted by atomic mass is 9.84. The highest BCUT2D eigenvalue weighted by Gasteiger charge is 2.22. The van der Waals surface area contributed by atoms with Crippen molar-refractivity contribution in [2.24, 2.45) is 0 Å². The van der Waals surface area contributed by atoms with Gasteiger partial charge in [-0.2, -0.15) is 0 Å². The van der Waals surface area contributed by atoms with Crippen molar-refractivity contribution in [2.45, 2.75) is 24.4 Å². The van der Waals surface area contributed by atoms with Gasteiger partial charge in [-0.15, -0.1) is 0 Å². The van der Waals surface area contributed by atoms with Crippen LogP contribution in [0.15, 0.2) is 41.7 Å². The summed E-state index contributed by atoms with van der Waals surface area (Å²) in [6.07, 6.45) is 3.31. The summed E-state index contributed by atoms with van der Waals surface area (Å²) in [4.78, 5) is 20.5. The smallest absolute Gasteiger partial charge is 0.271 e. The van der Waals surface area contributed by atoms with Gasteiger partial charge in [0.2, 0.25) is 0 Å². The molecule has 0 bridgehead atoms. The minimum Gasteiger partial charge on any atom is -0.350 e. The van der Waals surface area contributed by atoms with Crippen LogP contribution in [0.5, 0.6) is 0 Å². The van der Waals surface area contributed by atoms with E-state index in [4.69, 9.17) is 11.6 Å². The summed E-state index contributed by atoms with van der Waals surface area (Å²) in [6.45, 7) is 4.65. The van der Waals surface area contributed by atoms with Crippen molar-refractivity contribution < 1.29 is 4.79 Å². The summed E-state index contributed by atoms with van der Waals surface area (Å²) in [7, 11) is 0. The molecule has 0 spiro atoms. The maximum atomic E-state index is 12.3. The largest absolute Gasteiger partial charge is 0.350 e. The zero-order chi connectivity index (χ0) is 16.2. The average Bonchev–Trinajstić information content (AvgIpc) is 2.54. The monoisotopic (exact) mass is 335 g/mol. The van der Waals surface area contributed by atoms with Gasteiger partial charge in [0.25, 0.3) is 5.91 Å². The summed E-state index contributed by atoms with van der Waals surface area (Å²) in [5, 5.41) is 3.69. The third-order valence-corrected chi connectivity index (χ3v) is 4.20. The van der Waals surface area contributed by atoms with Crippen molar-refractivity contribution >= 4 is 29.3 Å². The van der Waals surface area contributed by atoms with Gasteiger partial charge in [-0.05, 0) is 11.8 Å². The number of carbonyl (C=O) groups is 1. The maximum Gasteiger partial charge on any atom is 0.271 e. The zero-order valence-corrected chi connectivity index (χ0v) is 14.3. The average molecular weight is 336 g/mol. The molecule has 0 aliphatic rings. The number of benzene rings is 1. The predicted molar refractivity (Wildman–Crippen MR) is 90.6 cm³/mol. The third kappa shape index (κ3) is 3.99. The van der Waals surface area contributed by atoms with Crippen molar-refractivity contribution in [3.63, 3.8) is 0 Å². The molecule has 2 rings (SSSR count). The van der Waals surface area contributed by atoms with Crippen molar-refractivity contribution in [3.05, 3.63) is 52.8 Å². The molecule has 1 aromatic carbocycles. The molecule has 2 aromatic rings. The molecular formula is C16H18ClN3OS. The Morgan fingerprint density at radius 3 is 2.64 bits per heavy atom. The normalized spacial score (nSPS) is 11.3. The number of nitrogens with zero attached hydrogens (tertiary/aromatic N) is 2. The van der Waals surface area contributed by atoms with Gasteiger partial charge in [-0.3, -0.25) is 4.79 Å². The quantitative estimate of drug-likeness (QED) is 0.670. The number of aromatic nitrogens is 2. The third-order valence-electron chi connectivity index (χ3n) is 3.37. The first-order valence-electron chi connectivity index (χ1n) is 6.84. The van der Waals surface area contributed by atoms with E-state index in [1.165, 1.54) is 18.0 Å². The molecule has 1 aromatic heterocycles. The molecule has 0 unspecified atom stereocenters. The van der Waals surface area contributed by atoms with E-state index < -0.39 is 0 Å². The van der Waals surface area contributed by atoms with Crippen LogP contribution in [0.4, 0.5) is 0 Å². The Kier molecular flexibility index (Phi) is 5.42. The number of carbonyl (C=O) groups excluding carboxylic acids is 1. The van der Waals surface area contributed by atoms with Gasteiger partial charge < -0.3 is 5.32 Å². The molecule has 22 heavy (non-hydrogen) atoms. The van der Waals surface area contributed by atoms with Crippen molar-refractivity contribution in [3.8, 4) is 0 Å². The molecule has 0 aliphatic heterocycles. The molecule has 0 saturated heterocycles. The molecule has 1 amide bonds. The van der Waals surface area contributed by atoms with Gasteiger partial charge in [0.15, 0.2) is 10.9 Å². The summed E-state index contributed by atoms with van der Waals surface area (Å²) >= 11 is 7.39. The first kappa shape index (κ1) is 16.8. The Morgan fingerprint density at radius 1 is 1.32 bits per heavy atom. The second kappa shape index (κ2) is 7.11. The van der Waals surface area contributed by atoms with Gasteiger partial charge >= 0.3 is 0 Å². The van der Waals surface area contributed by atoms with Gasteiger partial charge in [-0.25, -0.2) is 9.97 Å². The standard InChI is InChI=1S/C16H18ClN3OS/c1-16(2,11-7-5-4-6-8-11)10-19-14(21)13-12(17)9-18-15(20-13)22-3/h4-9H,10H2,1-3H3,(H,19,21). The van der Waals surface area contributed by atoms with Crippen molar-refractivity contribution in [2.75, 3.05) is 12.8 Å². The molecule has 0 atom stereocenters. The number of thioether (sulfide) groups is 1. The van der Waals surface area contributed by atoms with E-state index >= 15 is 0 Å². The van der Waals surface area contributed by atoms with Gasteiger partial charge in [0.05, 0.1) is 11.2 Å². The Morgan fingerprint density at radius 2 is 2.00 bits per heavy atom. The molecule has 0 aliphatic carbocycles.